The Labute approximate surface area is 432 Å². The van der Waals surface area contributed by atoms with E-state index in [0.717, 1.165) is 89.9 Å². The van der Waals surface area contributed by atoms with E-state index in [1.165, 1.54) is 135 Å². The van der Waals surface area contributed by atoms with Crippen molar-refractivity contribution < 1.29 is 28.6 Å². The van der Waals surface area contributed by atoms with Gasteiger partial charge in [0.15, 0.2) is 6.10 Å². The maximum absolute atomic E-state index is 12.8. The molecule has 0 aromatic rings. The zero-order valence-corrected chi connectivity index (χ0v) is 45.8. The van der Waals surface area contributed by atoms with Crippen LogP contribution in [0.25, 0.3) is 0 Å². The van der Waals surface area contributed by atoms with Gasteiger partial charge in [-0.05, 0) is 109 Å². The van der Waals surface area contributed by atoms with E-state index in [2.05, 4.69) is 118 Å². The van der Waals surface area contributed by atoms with Crippen LogP contribution in [0, 0.1) is 0 Å². The number of allylic oxidation sites excluding steroid dienone is 16. The summed E-state index contributed by atoms with van der Waals surface area (Å²) in [5.41, 5.74) is 0. The number of rotatable bonds is 52. The van der Waals surface area contributed by atoms with E-state index in [9.17, 15) is 14.4 Å². The van der Waals surface area contributed by atoms with Gasteiger partial charge in [-0.3, -0.25) is 14.4 Å². The Morgan fingerprint density at radius 3 is 1.03 bits per heavy atom. The summed E-state index contributed by atoms with van der Waals surface area (Å²) in [6.07, 6.45) is 76.9. The van der Waals surface area contributed by atoms with Crippen molar-refractivity contribution in [2.75, 3.05) is 13.2 Å². The van der Waals surface area contributed by atoms with Crippen LogP contribution in [0.5, 0.6) is 0 Å². The highest BCUT2D eigenvalue weighted by atomic mass is 16.6. The molecule has 6 nitrogen and oxygen atoms in total. The summed E-state index contributed by atoms with van der Waals surface area (Å²) in [7, 11) is 0. The molecule has 0 bridgehead atoms. The van der Waals surface area contributed by atoms with Crippen LogP contribution in [0.3, 0.4) is 0 Å². The maximum Gasteiger partial charge on any atom is 0.306 e. The number of esters is 3. The Balaban J connectivity index is 4.51. The first-order chi connectivity index (χ1) is 34.5. The van der Waals surface area contributed by atoms with Crippen LogP contribution < -0.4 is 0 Å². The van der Waals surface area contributed by atoms with E-state index in [1.807, 2.05) is 0 Å². The van der Waals surface area contributed by atoms with E-state index >= 15 is 0 Å². The largest absolute Gasteiger partial charge is 0.462 e. The maximum atomic E-state index is 12.8. The van der Waals surface area contributed by atoms with Crippen LogP contribution in [0.2, 0.25) is 0 Å². The Hall–Kier alpha value is -3.67. The standard InChI is InChI=1S/C64H108O6/c1-4-7-10-13-16-19-22-25-28-31-32-34-36-39-42-45-48-51-54-57-63(66)69-60-61(59-68-62(65)56-53-50-47-44-41-38-35-30-27-24-21-18-15-12-9-6-3)70-64(67)58-55-52-49-46-43-40-37-33-29-26-23-20-17-14-11-8-5-2/h8,11,17,20,26,29-32,35,37-38,40-41,46,49,61H,4-7,9-10,12-16,18-19,21-25,27-28,33-34,36,39,42-45,47-48,50-60H2,1-3H3/b11-8-,20-17-,29-26-,32-31-,35-30-,40-37-,41-38-,49-46-. The van der Waals surface area contributed by atoms with Gasteiger partial charge in [0.05, 0.1) is 0 Å². The summed E-state index contributed by atoms with van der Waals surface area (Å²) >= 11 is 0. The first kappa shape index (κ1) is 66.3. The second-order valence-corrected chi connectivity index (χ2v) is 19.2. The predicted octanol–water partition coefficient (Wildman–Crippen LogP) is 19.7. The number of hydrogen-bond acceptors (Lipinski definition) is 6. The van der Waals surface area contributed by atoms with Crippen LogP contribution in [0.4, 0.5) is 0 Å². The van der Waals surface area contributed by atoms with Crippen LogP contribution in [-0.2, 0) is 28.6 Å². The van der Waals surface area contributed by atoms with Crippen molar-refractivity contribution in [3.05, 3.63) is 97.2 Å². The minimum Gasteiger partial charge on any atom is -0.462 e. The molecule has 0 spiro atoms. The summed E-state index contributed by atoms with van der Waals surface area (Å²) in [5, 5.41) is 0. The lowest BCUT2D eigenvalue weighted by Gasteiger charge is -2.18. The highest BCUT2D eigenvalue weighted by molar-refractivity contribution is 5.71. The molecule has 0 aromatic heterocycles. The second kappa shape index (κ2) is 57.9. The average Bonchev–Trinajstić information content (AvgIpc) is 3.36. The van der Waals surface area contributed by atoms with Gasteiger partial charge in [0.1, 0.15) is 13.2 Å². The molecule has 0 fully saturated rings. The number of hydrogen-bond donors (Lipinski definition) is 0. The molecule has 0 aliphatic heterocycles. The van der Waals surface area contributed by atoms with Crippen LogP contribution in [0.1, 0.15) is 271 Å². The summed E-state index contributed by atoms with van der Waals surface area (Å²) in [4.78, 5) is 38.2. The smallest absolute Gasteiger partial charge is 0.306 e. The number of carbonyl (C=O) groups is 3. The van der Waals surface area contributed by atoms with Gasteiger partial charge in [-0.15, -0.1) is 0 Å². The molecule has 0 heterocycles. The summed E-state index contributed by atoms with van der Waals surface area (Å²) < 4.78 is 16.8. The van der Waals surface area contributed by atoms with Crippen LogP contribution in [-0.4, -0.2) is 37.2 Å². The minimum absolute atomic E-state index is 0.111. The second-order valence-electron chi connectivity index (χ2n) is 19.2. The van der Waals surface area contributed by atoms with E-state index in [1.54, 1.807) is 0 Å². The van der Waals surface area contributed by atoms with E-state index < -0.39 is 6.10 Å². The highest BCUT2D eigenvalue weighted by Crippen LogP contribution is 2.14. The van der Waals surface area contributed by atoms with Gasteiger partial charge in [0.2, 0.25) is 0 Å². The van der Waals surface area contributed by atoms with Crippen molar-refractivity contribution >= 4 is 17.9 Å². The zero-order valence-electron chi connectivity index (χ0n) is 45.8. The third-order valence-electron chi connectivity index (χ3n) is 12.3. The van der Waals surface area contributed by atoms with E-state index in [-0.39, 0.29) is 37.5 Å². The normalized spacial score (nSPS) is 12.8. The SMILES string of the molecule is CC/C=C\C/C=C\C/C=C\C/C=C\C/C=C\CCCC(=O)OC(COC(=O)CCCCC/C=C\C=C/CCCCCCCCC)COC(=O)CCCCCCCCC/C=C\CCCCCCCCCC. The van der Waals surface area contributed by atoms with Crippen molar-refractivity contribution in [2.45, 2.75) is 277 Å². The molecular formula is C64H108O6. The van der Waals surface area contributed by atoms with Gasteiger partial charge in [-0.1, -0.05) is 240 Å². The number of unbranched alkanes of at least 4 members (excludes halogenated alkanes) is 26. The molecule has 0 aromatic carbocycles. The van der Waals surface area contributed by atoms with E-state index in [0.29, 0.717) is 19.3 Å². The lowest BCUT2D eigenvalue weighted by Crippen LogP contribution is -2.30. The molecule has 70 heavy (non-hydrogen) atoms. The molecular weight excluding hydrogens is 865 g/mol. The van der Waals surface area contributed by atoms with Gasteiger partial charge in [0, 0.05) is 19.3 Å². The van der Waals surface area contributed by atoms with Gasteiger partial charge in [0.25, 0.3) is 0 Å². The van der Waals surface area contributed by atoms with Gasteiger partial charge in [-0.2, -0.15) is 0 Å². The molecule has 0 saturated carbocycles. The first-order valence-corrected chi connectivity index (χ1v) is 29.3. The van der Waals surface area contributed by atoms with E-state index in [4.69, 9.17) is 14.2 Å². The molecule has 0 aliphatic rings. The quantitative estimate of drug-likeness (QED) is 0.0199. The fourth-order valence-corrected chi connectivity index (χ4v) is 7.93. The van der Waals surface area contributed by atoms with Crippen molar-refractivity contribution in [2.24, 2.45) is 0 Å². The molecule has 400 valence electrons. The van der Waals surface area contributed by atoms with Crippen LogP contribution in [0.15, 0.2) is 97.2 Å². The van der Waals surface area contributed by atoms with Crippen molar-refractivity contribution in [1.82, 2.24) is 0 Å². The fraction of sp³-hybridized carbons (Fsp3) is 0.703. The Bertz CT molecular complexity index is 1400. The molecule has 6 heteroatoms. The zero-order chi connectivity index (χ0) is 50.7. The van der Waals surface area contributed by atoms with Gasteiger partial charge in [-0.25, -0.2) is 0 Å². The molecule has 0 radical (unpaired) electrons. The Morgan fingerprint density at radius 2 is 0.614 bits per heavy atom. The molecule has 0 amide bonds. The number of ether oxygens (including phenoxy) is 3. The fourth-order valence-electron chi connectivity index (χ4n) is 7.93. The van der Waals surface area contributed by atoms with Crippen molar-refractivity contribution in [3.8, 4) is 0 Å². The van der Waals surface area contributed by atoms with Gasteiger partial charge < -0.3 is 14.2 Å². The summed E-state index contributed by atoms with van der Waals surface area (Å²) in [6.45, 7) is 6.46. The topological polar surface area (TPSA) is 78.9 Å². The monoisotopic (exact) mass is 973 g/mol. The Morgan fingerprint density at radius 1 is 0.314 bits per heavy atom. The summed E-state index contributed by atoms with van der Waals surface area (Å²) in [6, 6.07) is 0. The summed E-state index contributed by atoms with van der Waals surface area (Å²) in [5.74, 6) is -0.998. The van der Waals surface area contributed by atoms with Gasteiger partial charge >= 0.3 is 17.9 Å². The minimum atomic E-state index is -0.821. The molecule has 1 unspecified atom stereocenters. The molecule has 0 N–H and O–H groups in total. The molecule has 0 aliphatic carbocycles. The molecule has 0 saturated heterocycles. The molecule has 0 rings (SSSR count). The molecule has 1 atom stereocenters. The van der Waals surface area contributed by atoms with Crippen molar-refractivity contribution in [3.63, 3.8) is 0 Å². The van der Waals surface area contributed by atoms with Crippen LogP contribution >= 0.6 is 0 Å². The lowest BCUT2D eigenvalue weighted by atomic mass is 10.1. The Kier molecular flexibility index (Phi) is 54.9. The predicted molar refractivity (Wildman–Crippen MR) is 302 cm³/mol. The first-order valence-electron chi connectivity index (χ1n) is 29.3. The average molecular weight is 974 g/mol. The number of carbonyl (C=O) groups excluding carboxylic acids is 3. The third-order valence-corrected chi connectivity index (χ3v) is 12.3. The lowest BCUT2D eigenvalue weighted by molar-refractivity contribution is -0.167. The van der Waals surface area contributed by atoms with Crippen molar-refractivity contribution in [1.29, 1.82) is 0 Å². The highest BCUT2D eigenvalue weighted by Gasteiger charge is 2.19. The third kappa shape index (κ3) is 55.3.